The van der Waals surface area contributed by atoms with Crippen LogP contribution in [0.1, 0.15) is 16.7 Å². The maximum Gasteiger partial charge on any atom is 0.281 e. The largest absolute Gasteiger partial charge is 0.390 e. The van der Waals surface area contributed by atoms with Gasteiger partial charge < -0.3 is 9.74 Å². The number of amides is 1. The maximum absolute atomic E-state index is 13.1. The van der Waals surface area contributed by atoms with E-state index in [0.29, 0.717) is 32.2 Å². The minimum absolute atomic E-state index is 0.113. The first kappa shape index (κ1) is 21.0. The topological polar surface area (TPSA) is 41.9 Å². The van der Waals surface area contributed by atoms with E-state index in [9.17, 15) is 4.79 Å². The highest BCUT2D eigenvalue weighted by atomic mass is 35.5. The van der Waals surface area contributed by atoms with Crippen LogP contribution < -0.4 is 4.90 Å². The summed E-state index contributed by atoms with van der Waals surface area (Å²) < 4.78 is 0. The molecule has 0 radical (unpaired) electrons. The Bertz CT molecular complexity index is 1160. The molecular formula is C22H14Cl4N2O2. The smallest absolute Gasteiger partial charge is 0.281 e. The van der Waals surface area contributed by atoms with Gasteiger partial charge in [0.15, 0.2) is 5.71 Å². The van der Waals surface area contributed by atoms with Crippen molar-refractivity contribution in [3.8, 4) is 0 Å². The van der Waals surface area contributed by atoms with Gasteiger partial charge in [-0.25, -0.2) is 0 Å². The van der Waals surface area contributed by atoms with Crippen LogP contribution in [-0.2, 0) is 22.8 Å². The molecule has 0 fully saturated rings. The number of oxime groups is 1. The van der Waals surface area contributed by atoms with Gasteiger partial charge in [-0.15, -0.1) is 0 Å². The van der Waals surface area contributed by atoms with Crippen molar-refractivity contribution in [1.29, 1.82) is 0 Å². The van der Waals surface area contributed by atoms with Crippen LogP contribution in [0.5, 0.6) is 0 Å². The van der Waals surface area contributed by atoms with Crippen LogP contribution >= 0.6 is 46.4 Å². The molecule has 0 aromatic heterocycles. The fourth-order valence-corrected chi connectivity index (χ4v) is 3.92. The summed E-state index contributed by atoms with van der Waals surface area (Å²) in [6.45, 7) is 0.441. The van der Waals surface area contributed by atoms with Gasteiger partial charge in [0.1, 0.15) is 6.61 Å². The van der Waals surface area contributed by atoms with Gasteiger partial charge in [0, 0.05) is 21.2 Å². The van der Waals surface area contributed by atoms with Crippen LogP contribution in [0.15, 0.2) is 65.8 Å². The molecule has 0 N–H and O–H groups in total. The summed E-state index contributed by atoms with van der Waals surface area (Å²) in [6.07, 6.45) is 0. The van der Waals surface area contributed by atoms with E-state index in [0.717, 1.165) is 16.8 Å². The Morgan fingerprint density at radius 1 is 0.867 bits per heavy atom. The summed E-state index contributed by atoms with van der Waals surface area (Å²) in [7, 11) is 0. The Balaban J connectivity index is 1.57. The number of para-hydroxylation sites is 1. The van der Waals surface area contributed by atoms with Gasteiger partial charge in [-0.1, -0.05) is 81.9 Å². The van der Waals surface area contributed by atoms with E-state index in [1.54, 1.807) is 35.2 Å². The normalized spacial score (nSPS) is 14.3. The van der Waals surface area contributed by atoms with Crippen LogP contribution in [0.25, 0.3) is 0 Å². The van der Waals surface area contributed by atoms with Crippen molar-refractivity contribution in [1.82, 2.24) is 0 Å². The van der Waals surface area contributed by atoms with E-state index in [1.165, 1.54) is 0 Å². The third-order valence-corrected chi connectivity index (χ3v) is 5.94. The van der Waals surface area contributed by atoms with E-state index in [1.807, 2.05) is 30.3 Å². The van der Waals surface area contributed by atoms with E-state index < -0.39 is 0 Å². The molecule has 1 aliphatic heterocycles. The van der Waals surface area contributed by atoms with Gasteiger partial charge in [0.25, 0.3) is 5.91 Å². The molecular weight excluding hydrogens is 466 g/mol. The Kier molecular flexibility index (Phi) is 6.21. The van der Waals surface area contributed by atoms with Crippen molar-refractivity contribution in [2.45, 2.75) is 13.2 Å². The van der Waals surface area contributed by atoms with Gasteiger partial charge >= 0.3 is 0 Å². The lowest BCUT2D eigenvalue weighted by Gasteiger charge is -2.17. The first-order chi connectivity index (χ1) is 14.4. The van der Waals surface area contributed by atoms with Crippen molar-refractivity contribution >= 4 is 63.7 Å². The standard InChI is InChI=1S/C22H14Cl4N2O2/c23-15-7-6-14(18(25)10-15)12-30-27-21-16-3-1-2-4-20(16)28(22(21)29)11-13-5-8-17(24)19(26)9-13/h1-10H,11-12H2. The van der Waals surface area contributed by atoms with Gasteiger partial charge in [-0.3, -0.25) is 4.79 Å². The van der Waals surface area contributed by atoms with Crippen LogP contribution in [-0.4, -0.2) is 11.6 Å². The lowest BCUT2D eigenvalue weighted by Crippen LogP contribution is -2.29. The first-order valence-electron chi connectivity index (χ1n) is 8.93. The summed E-state index contributed by atoms with van der Waals surface area (Å²) in [5.41, 5.74) is 3.25. The zero-order valence-corrected chi connectivity index (χ0v) is 18.4. The fraction of sp³-hybridized carbons (Fsp3) is 0.0909. The Morgan fingerprint density at radius 2 is 1.67 bits per heavy atom. The second-order valence-electron chi connectivity index (χ2n) is 6.61. The van der Waals surface area contributed by atoms with Crippen molar-refractivity contribution < 1.29 is 9.63 Å². The van der Waals surface area contributed by atoms with Gasteiger partial charge in [-0.05, 0) is 35.9 Å². The highest BCUT2D eigenvalue weighted by molar-refractivity contribution is 6.54. The number of rotatable bonds is 5. The number of nitrogens with zero attached hydrogens (tertiary/aromatic N) is 2. The predicted molar refractivity (Wildman–Crippen MR) is 122 cm³/mol. The molecule has 0 atom stereocenters. The molecule has 1 amide bonds. The minimum atomic E-state index is -0.260. The number of fused-ring (bicyclic) bond motifs is 1. The monoisotopic (exact) mass is 478 g/mol. The molecule has 3 aromatic rings. The number of hydrogen-bond acceptors (Lipinski definition) is 3. The summed E-state index contributed by atoms with van der Waals surface area (Å²) in [6, 6.07) is 17.8. The van der Waals surface area contributed by atoms with Gasteiger partial charge in [0.05, 0.1) is 22.3 Å². The van der Waals surface area contributed by atoms with E-state index in [-0.39, 0.29) is 18.2 Å². The molecule has 152 valence electrons. The van der Waals surface area contributed by atoms with Crippen molar-refractivity contribution in [2.75, 3.05) is 4.90 Å². The quantitative estimate of drug-likeness (QED) is 0.379. The molecule has 30 heavy (non-hydrogen) atoms. The highest BCUT2D eigenvalue weighted by Gasteiger charge is 2.34. The molecule has 1 heterocycles. The van der Waals surface area contributed by atoms with Crippen molar-refractivity contribution in [3.05, 3.63) is 97.4 Å². The van der Waals surface area contributed by atoms with Crippen LogP contribution in [0.4, 0.5) is 5.69 Å². The molecule has 4 rings (SSSR count). The average Bonchev–Trinajstić information content (AvgIpc) is 2.98. The summed E-state index contributed by atoms with van der Waals surface area (Å²) in [5, 5.41) is 6.02. The number of benzene rings is 3. The lowest BCUT2D eigenvalue weighted by molar-refractivity contribution is -0.112. The SMILES string of the molecule is O=C1C(=NOCc2ccc(Cl)cc2Cl)c2ccccc2N1Cc1ccc(Cl)c(Cl)c1. The predicted octanol–water partition coefficient (Wildman–Crippen LogP) is 6.77. The zero-order chi connectivity index (χ0) is 21.3. The average molecular weight is 480 g/mol. The second-order valence-corrected chi connectivity index (χ2v) is 8.26. The molecule has 0 aliphatic carbocycles. The van der Waals surface area contributed by atoms with Crippen molar-refractivity contribution in [3.63, 3.8) is 0 Å². The second kappa shape index (κ2) is 8.86. The third kappa shape index (κ3) is 4.28. The van der Waals surface area contributed by atoms with Crippen LogP contribution in [0.2, 0.25) is 20.1 Å². The van der Waals surface area contributed by atoms with E-state index >= 15 is 0 Å². The molecule has 1 aliphatic rings. The molecule has 0 bridgehead atoms. The van der Waals surface area contributed by atoms with E-state index in [2.05, 4.69) is 5.16 Å². The van der Waals surface area contributed by atoms with Crippen LogP contribution in [0.3, 0.4) is 0 Å². The lowest BCUT2D eigenvalue weighted by atomic mass is 10.1. The molecule has 0 unspecified atom stereocenters. The number of hydrogen-bond donors (Lipinski definition) is 0. The summed E-state index contributed by atoms with van der Waals surface area (Å²) in [4.78, 5) is 20.2. The van der Waals surface area contributed by atoms with Crippen LogP contribution in [0, 0.1) is 0 Å². The number of halogens is 4. The van der Waals surface area contributed by atoms with E-state index in [4.69, 9.17) is 51.2 Å². The molecule has 3 aromatic carbocycles. The molecule has 8 heteroatoms. The minimum Gasteiger partial charge on any atom is -0.390 e. The number of anilines is 1. The fourth-order valence-electron chi connectivity index (χ4n) is 3.13. The molecule has 0 saturated heterocycles. The Labute approximate surface area is 193 Å². The maximum atomic E-state index is 13.1. The molecule has 0 saturated carbocycles. The van der Waals surface area contributed by atoms with Crippen molar-refractivity contribution in [2.24, 2.45) is 5.16 Å². The van der Waals surface area contributed by atoms with Gasteiger partial charge in [-0.2, -0.15) is 0 Å². The Morgan fingerprint density at radius 3 is 2.43 bits per heavy atom. The number of carbonyl (C=O) groups is 1. The highest BCUT2D eigenvalue weighted by Crippen LogP contribution is 2.32. The molecule has 4 nitrogen and oxygen atoms in total. The Hall–Kier alpha value is -2.24. The summed E-state index contributed by atoms with van der Waals surface area (Å²) >= 11 is 24.2. The first-order valence-corrected chi connectivity index (χ1v) is 10.4. The molecule has 0 spiro atoms. The summed E-state index contributed by atoms with van der Waals surface area (Å²) in [5.74, 6) is -0.260. The number of carbonyl (C=O) groups excluding carboxylic acids is 1. The zero-order valence-electron chi connectivity index (χ0n) is 15.4. The van der Waals surface area contributed by atoms with Gasteiger partial charge in [0.2, 0.25) is 0 Å². The third-order valence-electron chi connectivity index (χ3n) is 4.61.